The van der Waals surface area contributed by atoms with E-state index >= 15 is 0 Å². The van der Waals surface area contributed by atoms with E-state index < -0.39 is 8.07 Å². The average Bonchev–Trinajstić information content (AvgIpc) is 2.66. The lowest BCUT2D eigenvalue weighted by Gasteiger charge is -2.30. The van der Waals surface area contributed by atoms with Crippen LogP contribution in [0.15, 0.2) is 0 Å². The van der Waals surface area contributed by atoms with Crippen molar-refractivity contribution in [1.29, 1.82) is 0 Å². The molecule has 1 fully saturated rings. The molecule has 1 nitrogen and oxygen atoms in total. The third kappa shape index (κ3) is 6.61. The van der Waals surface area contributed by atoms with Crippen molar-refractivity contribution in [3.05, 3.63) is 0 Å². The highest BCUT2D eigenvalue weighted by Gasteiger charge is 2.29. The maximum atomic E-state index is 3.71. The molecule has 1 atom stereocenters. The Bertz CT molecular complexity index is 201. The topological polar surface area (TPSA) is 12.0 Å². The van der Waals surface area contributed by atoms with Crippen LogP contribution in [0.25, 0.3) is 0 Å². The third-order valence-corrected chi connectivity index (χ3v) is 5.65. The normalized spacial score (nSPS) is 20.1. The van der Waals surface area contributed by atoms with E-state index in [4.69, 9.17) is 0 Å². The molecular weight excluding hydrogens is 222 g/mol. The first-order valence-electron chi connectivity index (χ1n) is 7.59. The van der Waals surface area contributed by atoms with E-state index in [0.29, 0.717) is 0 Å². The Hall–Kier alpha value is 0.177. The SMILES string of the molecule is CC(C)CNCC(C[Si](C)(C)C)C1CCCC1. The second kappa shape index (κ2) is 6.94. The van der Waals surface area contributed by atoms with Crippen LogP contribution in [0.2, 0.25) is 25.7 Å². The van der Waals surface area contributed by atoms with Gasteiger partial charge in [0.2, 0.25) is 0 Å². The van der Waals surface area contributed by atoms with Crippen molar-refractivity contribution in [2.24, 2.45) is 17.8 Å². The van der Waals surface area contributed by atoms with Crippen LogP contribution in [0.3, 0.4) is 0 Å². The van der Waals surface area contributed by atoms with E-state index in [1.807, 2.05) is 0 Å². The van der Waals surface area contributed by atoms with Crippen LogP contribution < -0.4 is 5.32 Å². The first-order valence-corrected chi connectivity index (χ1v) is 11.3. The monoisotopic (exact) mass is 255 g/mol. The lowest BCUT2D eigenvalue weighted by atomic mass is 9.92. The first-order chi connectivity index (χ1) is 7.88. The molecule has 0 saturated heterocycles. The van der Waals surface area contributed by atoms with Crippen LogP contribution in [-0.2, 0) is 0 Å². The van der Waals surface area contributed by atoms with Gasteiger partial charge in [0.05, 0.1) is 0 Å². The van der Waals surface area contributed by atoms with Gasteiger partial charge in [0.1, 0.15) is 0 Å². The van der Waals surface area contributed by atoms with Gasteiger partial charge in [-0.3, -0.25) is 0 Å². The van der Waals surface area contributed by atoms with Crippen molar-refractivity contribution in [1.82, 2.24) is 5.32 Å². The lowest BCUT2D eigenvalue weighted by Crippen LogP contribution is -2.35. The molecule has 0 radical (unpaired) electrons. The summed E-state index contributed by atoms with van der Waals surface area (Å²) < 4.78 is 0. The number of nitrogens with one attached hydrogen (secondary N) is 1. The predicted molar refractivity (Wildman–Crippen MR) is 81.3 cm³/mol. The molecule has 102 valence electrons. The van der Waals surface area contributed by atoms with Gasteiger partial charge in [-0.2, -0.15) is 0 Å². The fraction of sp³-hybridized carbons (Fsp3) is 1.00. The molecule has 0 aromatic heterocycles. The molecule has 17 heavy (non-hydrogen) atoms. The van der Waals surface area contributed by atoms with Gasteiger partial charge in [0, 0.05) is 8.07 Å². The van der Waals surface area contributed by atoms with Crippen molar-refractivity contribution < 1.29 is 0 Å². The quantitative estimate of drug-likeness (QED) is 0.666. The highest BCUT2D eigenvalue weighted by Crippen LogP contribution is 2.35. The minimum Gasteiger partial charge on any atom is -0.316 e. The van der Waals surface area contributed by atoms with Crippen LogP contribution in [0.1, 0.15) is 39.5 Å². The molecule has 0 amide bonds. The predicted octanol–water partition coefficient (Wildman–Crippen LogP) is 4.38. The van der Waals surface area contributed by atoms with E-state index in [-0.39, 0.29) is 0 Å². The van der Waals surface area contributed by atoms with Gasteiger partial charge in [-0.15, -0.1) is 0 Å². The zero-order chi connectivity index (χ0) is 12.9. The van der Waals surface area contributed by atoms with Gasteiger partial charge in [-0.25, -0.2) is 0 Å². The summed E-state index contributed by atoms with van der Waals surface area (Å²) in [6, 6.07) is 1.52. The van der Waals surface area contributed by atoms with Crippen molar-refractivity contribution in [2.45, 2.75) is 65.2 Å². The van der Waals surface area contributed by atoms with Crippen LogP contribution in [0.4, 0.5) is 0 Å². The minimum atomic E-state index is -0.905. The second-order valence-electron chi connectivity index (χ2n) is 7.62. The zero-order valence-corrected chi connectivity index (χ0v) is 13.7. The van der Waals surface area contributed by atoms with E-state index in [1.54, 1.807) is 0 Å². The third-order valence-electron chi connectivity index (χ3n) is 3.90. The molecule has 1 aliphatic rings. The fourth-order valence-electron chi connectivity index (χ4n) is 3.18. The largest absolute Gasteiger partial charge is 0.316 e. The Kier molecular flexibility index (Phi) is 6.22. The van der Waals surface area contributed by atoms with E-state index in [1.165, 1.54) is 44.8 Å². The van der Waals surface area contributed by atoms with Crippen molar-refractivity contribution in [3.63, 3.8) is 0 Å². The summed E-state index contributed by atoms with van der Waals surface area (Å²) in [5, 5.41) is 3.71. The molecule has 0 heterocycles. The molecule has 0 bridgehead atoms. The summed E-state index contributed by atoms with van der Waals surface area (Å²) in [6.07, 6.45) is 5.96. The van der Waals surface area contributed by atoms with Gasteiger partial charge in [-0.1, -0.05) is 65.2 Å². The summed E-state index contributed by atoms with van der Waals surface area (Å²) in [4.78, 5) is 0. The molecule has 0 aliphatic heterocycles. The molecule has 2 heteroatoms. The van der Waals surface area contributed by atoms with Gasteiger partial charge in [0.25, 0.3) is 0 Å². The fourth-order valence-corrected chi connectivity index (χ4v) is 5.23. The van der Waals surface area contributed by atoms with Gasteiger partial charge in [0.15, 0.2) is 0 Å². The average molecular weight is 256 g/mol. The van der Waals surface area contributed by atoms with Crippen LogP contribution in [0, 0.1) is 17.8 Å². The van der Waals surface area contributed by atoms with Gasteiger partial charge < -0.3 is 5.32 Å². The lowest BCUT2D eigenvalue weighted by molar-refractivity contribution is 0.340. The minimum absolute atomic E-state index is 0.783. The van der Waals surface area contributed by atoms with E-state index in [9.17, 15) is 0 Å². The van der Waals surface area contributed by atoms with Crippen LogP contribution in [0.5, 0.6) is 0 Å². The molecule has 1 aliphatic carbocycles. The highest BCUT2D eigenvalue weighted by molar-refractivity contribution is 6.76. The Morgan fingerprint density at radius 1 is 1.06 bits per heavy atom. The summed E-state index contributed by atoms with van der Waals surface area (Å²) in [5.74, 6) is 2.77. The Morgan fingerprint density at radius 3 is 2.12 bits per heavy atom. The summed E-state index contributed by atoms with van der Waals surface area (Å²) in [7, 11) is -0.905. The maximum Gasteiger partial charge on any atom is 0.0446 e. The maximum absolute atomic E-state index is 3.71. The molecule has 1 N–H and O–H groups in total. The molecule has 0 spiro atoms. The second-order valence-corrected chi connectivity index (χ2v) is 13.2. The summed E-state index contributed by atoms with van der Waals surface area (Å²) in [5.41, 5.74) is 0. The number of hydrogen-bond donors (Lipinski definition) is 1. The standard InChI is InChI=1S/C15H33NSi/c1-13(2)10-16-11-15(12-17(3,4)5)14-8-6-7-9-14/h13-16H,6-12H2,1-5H3. The summed E-state index contributed by atoms with van der Waals surface area (Å²) in [6.45, 7) is 14.6. The molecule has 1 saturated carbocycles. The molecule has 0 aromatic rings. The van der Waals surface area contributed by atoms with E-state index in [2.05, 4.69) is 38.8 Å². The van der Waals surface area contributed by atoms with Crippen LogP contribution >= 0.6 is 0 Å². The van der Waals surface area contributed by atoms with Crippen molar-refractivity contribution >= 4 is 8.07 Å². The van der Waals surface area contributed by atoms with Gasteiger partial charge >= 0.3 is 0 Å². The molecule has 0 aromatic carbocycles. The number of hydrogen-bond acceptors (Lipinski definition) is 1. The Balaban J connectivity index is 2.41. The van der Waals surface area contributed by atoms with Gasteiger partial charge in [-0.05, 0) is 30.8 Å². The molecule has 1 rings (SSSR count). The molecule has 1 unspecified atom stereocenters. The van der Waals surface area contributed by atoms with E-state index in [0.717, 1.165) is 17.8 Å². The first kappa shape index (κ1) is 15.2. The zero-order valence-electron chi connectivity index (χ0n) is 12.7. The summed E-state index contributed by atoms with van der Waals surface area (Å²) >= 11 is 0. The van der Waals surface area contributed by atoms with Crippen molar-refractivity contribution in [2.75, 3.05) is 13.1 Å². The number of rotatable bonds is 7. The Labute approximate surface area is 110 Å². The van der Waals surface area contributed by atoms with Crippen LogP contribution in [-0.4, -0.2) is 21.2 Å². The smallest absolute Gasteiger partial charge is 0.0446 e. The van der Waals surface area contributed by atoms with Crippen molar-refractivity contribution in [3.8, 4) is 0 Å². The Morgan fingerprint density at radius 2 is 1.65 bits per heavy atom. The highest BCUT2D eigenvalue weighted by atomic mass is 28.3. The molecular formula is C15H33NSi.